The van der Waals surface area contributed by atoms with Gasteiger partial charge < -0.3 is 15.1 Å². The van der Waals surface area contributed by atoms with Gasteiger partial charge in [-0.15, -0.1) is 0 Å². The number of rotatable bonds is 6. The van der Waals surface area contributed by atoms with E-state index >= 15 is 0 Å². The van der Waals surface area contributed by atoms with Gasteiger partial charge in [-0.1, -0.05) is 31.0 Å². The Morgan fingerprint density at radius 3 is 2.91 bits per heavy atom. The average molecular weight is 299 g/mol. The number of para-hydroxylation sites is 1. The molecule has 4 heteroatoms. The Bertz CT molecular complexity index is 610. The molecule has 2 N–H and O–H groups in total. The van der Waals surface area contributed by atoms with Crippen molar-refractivity contribution >= 4 is 16.9 Å². The molecule has 1 aliphatic rings. The molecule has 1 aromatic heterocycles. The Balaban J connectivity index is 1.64. The van der Waals surface area contributed by atoms with Gasteiger partial charge in [0.25, 0.3) is 0 Å². The van der Waals surface area contributed by atoms with Crippen LogP contribution in [0.5, 0.6) is 0 Å². The van der Waals surface area contributed by atoms with Crippen LogP contribution in [0.3, 0.4) is 0 Å². The molecule has 2 aromatic rings. The molecular weight excluding hydrogens is 274 g/mol. The quantitative estimate of drug-likeness (QED) is 0.629. The molecule has 0 radical (unpaired) electrons. The molecule has 3 rings (SSSR count). The van der Waals surface area contributed by atoms with E-state index in [1.54, 1.807) is 0 Å². The van der Waals surface area contributed by atoms with Gasteiger partial charge in [0.2, 0.25) is 0 Å². The third-order valence-electron chi connectivity index (χ3n) is 4.07. The molecule has 118 valence electrons. The Hall–Kier alpha value is -1.97. The van der Waals surface area contributed by atoms with Gasteiger partial charge in [0, 0.05) is 18.5 Å². The first-order valence-corrected chi connectivity index (χ1v) is 8.29. The number of fused-ring (bicyclic) bond motifs is 1. The van der Waals surface area contributed by atoms with Gasteiger partial charge in [-0.3, -0.25) is 4.99 Å². The highest BCUT2D eigenvalue weighted by molar-refractivity contribution is 5.81. The van der Waals surface area contributed by atoms with E-state index in [0.29, 0.717) is 0 Å². The summed E-state index contributed by atoms with van der Waals surface area (Å²) in [4.78, 5) is 4.67. The summed E-state index contributed by atoms with van der Waals surface area (Å²) in [5.74, 6) is 2.73. The highest BCUT2D eigenvalue weighted by Crippen LogP contribution is 2.32. The van der Waals surface area contributed by atoms with Gasteiger partial charge in [-0.25, -0.2) is 0 Å². The molecule has 0 saturated heterocycles. The van der Waals surface area contributed by atoms with Crippen molar-refractivity contribution in [1.82, 2.24) is 10.6 Å². The lowest BCUT2D eigenvalue weighted by molar-refractivity contribution is 0.488. The lowest BCUT2D eigenvalue weighted by Crippen LogP contribution is -2.38. The predicted octanol–water partition coefficient (Wildman–Crippen LogP) is 3.85. The fourth-order valence-corrected chi connectivity index (χ4v) is 2.58. The highest BCUT2D eigenvalue weighted by atomic mass is 16.3. The zero-order valence-corrected chi connectivity index (χ0v) is 13.4. The van der Waals surface area contributed by atoms with Crippen LogP contribution in [-0.2, 0) is 0 Å². The molecule has 0 amide bonds. The van der Waals surface area contributed by atoms with Crippen LogP contribution in [0.4, 0.5) is 0 Å². The fourth-order valence-electron chi connectivity index (χ4n) is 2.58. The maximum Gasteiger partial charge on any atom is 0.191 e. The van der Waals surface area contributed by atoms with Crippen molar-refractivity contribution in [3.05, 3.63) is 36.1 Å². The van der Waals surface area contributed by atoms with Gasteiger partial charge in [-0.05, 0) is 38.3 Å². The van der Waals surface area contributed by atoms with Crippen molar-refractivity contribution < 1.29 is 4.42 Å². The number of benzene rings is 1. The summed E-state index contributed by atoms with van der Waals surface area (Å²) < 4.78 is 5.92. The van der Waals surface area contributed by atoms with Gasteiger partial charge in [0.1, 0.15) is 11.3 Å². The van der Waals surface area contributed by atoms with E-state index < -0.39 is 0 Å². The lowest BCUT2D eigenvalue weighted by Gasteiger charge is -2.16. The summed E-state index contributed by atoms with van der Waals surface area (Å²) >= 11 is 0. The summed E-state index contributed by atoms with van der Waals surface area (Å²) in [5.41, 5.74) is 0.932. The Kier molecular flexibility index (Phi) is 4.66. The van der Waals surface area contributed by atoms with Crippen molar-refractivity contribution in [3.63, 3.8) is 0 Å². The fraction of sp³-hybridized carbons (Fsp3) is 0.500. The SMILES string of the molecule is CCNC(=NCCC1CC1)NC(C)c1cc2ccccc2o1. The number of nitrogens with zero attached hydrogens (tertiary/aromatic N) is 1. The molecule has 1 aliphatic carbocycles. The molecule has 0 aliphatic heterocycles. The van der Waals surface area contributed by atoms with E-state index in [-0.39, 0.29) is 6.04 Å². The molecule has 1 saturated carbocycles. The van der Waals surface area contributed by atoms with Crippen LogP contribution < -0.4 is 10.6 Å². The minimum atomic E-state index is 0.0890. The zero-order valence-electron chi connectivity index (χ0n) is 13.4. The number of guanidine groups is 1. The number of hydrogen-bond acceptors (Lipinski definition) is 2. The Labute approximate surface area is 132 Å². The molecule has 1 heterocycles. The van der Waals surface area contributed by atoms with Crippen molar-refractivity contribution in [2.24, 2.45) is 10.9 Å². The molecule has 1 unspecified atom stereocenters. The normalized spacial score (nSPS) is 16.7. The second kappa shape index (κ2) is 6.86. The van der Waals surface area contributed by atoms with Crippen molar-refractivity contribution in [2.75, 3.05) is 13.1 Å². The third-order valence-corrected chi connectivity index (χ3v) is 4.07. The topological polar surface area (TPSA) is 49.6 Å². The summed E-state index contributed by atoms with van der Waals surface area (Å²) in [6, 6.07) is 10.3. The first kappa shape index (κ1) is 14.9. The molecule has 22 heavy (non-hydrogen) atoms. The summed E-state index contributed by atoms with van der Waals surface area (Å²) in [7, 11) is 0. The van der Waals surface area contributed by atoms with E-state index in [0.717, 1.165) is 41.7 Å². The number of nitrogens with one attached hydrogen (secondary N) is 2. The van der Waals surface area contributed by atoms with E-state index in [2.05, 4.69) is 41.6 Å². The standard InChI is InChI=1S/C18H25N3O/c1-3-19-18(20-11-10-14-8-9-14)21-13(2)17-12-15-6-4-5-7-16(15)22-17/h4-7,12-14H,3,8-11H2,1-2H3,(H2,19,20,21). The van der Waals surface area contributed by atoms with Crippen molar-refractivity contribution in [2.45, 2.75) is 39.2 Å². The maximum absolute atomic E-state index is 5.92. The van der Waals surface area contributed by atoms with Crippen molar-refractivity contribution in [1.29, 1.82) is 0 Å². The average Bonchev–Trinajstić information content (AvgIpc) is 3.23. The summed E-state index contributed by atoms with van der Waals surface area (Å²) in [5, 5.41) is 7.88. The molecule has 0 bridgehead atoms. The second-order valence-corrected chi connectivity index (χ2v) is 6.05. The number of hydrogen-bond donors (Lipinski definition) is 2. The molecule has 1 fully saturated rings. The highest BCUT2D eigenvalue weighted by Gasteiger charge is 2.20. The number of aliphatic imine (C=N–C) groups is 1. The van der Waals surface area contributed by atoms with Crippen LogP contribution >= 0.6 is 0 Å². The molecule has 4 nitrogen and oxygen atoms in total. The molecule has 1 aromatic carbocycles. The van der Waals surface area contributed by atoms with E-state index in [1.165, 1.54) is 19.3 Å². The van der Waals surface area contributed by atoms with Crippen LogP contribution in [-0.4, -0.2) is 19.0 Å². The van der Waals surface area contributed by atoms with Gasteiger partial charge in [0.15, 0.2) is 5.96 Å². The Morgan fingerprint density at radius 1 is 1.36 bits per heavy atom. The van der Waals surface area contributed by atoms with Crippen molar-refractivity contribution in [3.8, 4) is 0 Å². The van der Waals surface area contributed by atoms with E-state index in [9.17, 15) is 0 Å². The van der Waals surface area contributed by atoms with Gasteiger partial charge in [0.05, 0.1) is 6.04 Å². The van der Waals surface area contributed by atoms with Crippen LogP contribution in [0, 0.1) is 5.92 Å². The molecule has 1 atom stereocenters. The minimum Gasteiger partial charge on any atom is -0.459 e. The molecular formula is C18H25N3O. The van der Waals surface area contributed by atoms with Gasteiger partial charge in [-0.2, -0.15) is 0 Å². The molecule has 0 spiro atoms. The van der Waals surface area contributed by atoms with Crippen LogP contribution in [0.25, 0.3) is 11.0 Å². The van der Waals surface area contributed by atoms with Gasteiger partial charge >= 0.3 is 0 Å². The van der Waals surface area contributed by atoms with Crippen LogP contribution in [0.2, 0.25) is 0 Å². The summed E-state index contributed by atoms with van der Waals surface area (Å²) in [6.07, 6.45) is 3.97. The van der Waals surface area contributed by atoms with Crippen LogP contribution in [0.1, 0.15) is 44.9 Å². The monoisotopic (exact) mass is 299 g/mol. The smallest absolute Gasteiger partial charge is 0.191 e. The van der Waals surface area contributed by atoms with E-state index in [4.69, 9.17) is 4.42 Å². The second-order valence-electron chi connectivity index (χ2n) is 6.05. The minimum absolute atomic E-state index is 0.0890. The van der Waals surface area contributed by atoms with Crippen LogP contribution in [0.15, 0.2) is 39.7 Å². The maximum atomic E-state index is 5.92. The lowest BCUT2D eigenvalue weighted by atomic mass is 10.2. The zero-order chi connectivity index (χ0) is 15.4. The largest absolute Gasteiger partial charge is 0.459 e. The third kappa shape index (κ3) is 3.81. The number of furan rings is 1. The first-order chi connectivity index (χ1) is 10.8. The summed E-state index contributed by atoms with van der Waals surface area (Å²) in [6.45, 7) is 5.95. The van der Waals surface area contributed by atoms with E-state index in [1.807, 2.05) is 18.2 Å². The first-order valence-electron chi connectivity index (χ1n) is 8.29. The predicted molar refractivity (Wildman–Crippen MR) is 91.1 cm³/mol. The Morgan fingerprint density at radius 2 is 2.18 bits per heavy atom.